The highest BCUT2D eigenvalue weighted by Gasteiger charge is 2.09. The van der Waals surface area contributed by atoms with Gasteiger partial charge in [-0.2, -0.15) is 0 Å². The number of nitrogens with zero attached hydrogens (tertiary/aromatic N) is 1. The predicted octanol–water partition coefficient (Wildman–Crippen LogP) is 2.25. The van der Waals surface area contributed by atoms with Crippen LogP contribution in [-0.4, -0.2) is 12.6 Å². The van der Waals surface area contributed by atoms with Crippen molar-refractivity contribution in [3.05, 3.63) is 30.1 Å². The Morgan fingerprint density at radius 1 is 1.38 bits per heavy atom. The Labute approximate surface area is 97.1 Å². The van der Waals surface area contributed by atoms with Crippen LogP contribution in [0.5, 0.6) is 0 Å². The fourth-order valence-corrected chi connectivity index (χ4v) is 1.49. The maximum absolute atomic E-state index is 11.6. The molecule has 0 aliphatic heterocycles. The molecule has 1 rings (SSSR count). The second-order valence-electron chi connectivity index (χ2n) is 3.95. The van der Waals surface area contributed by atoms with E-state index in [0.29, 0.717) is 12.2 Å². The number of hydrogen-bond acceptors (Lipinski definition) is 2. The Balaban J connectivity index is 2.30. The molecular weight excluding hydrogens is 202 g/mol. The Morgan fingerprint density at radius 2 is 2.19 bits per heavy atom. The lowest BCUT2D eigenvalue weighted by Crippen LogP contribution is -2.28. The number of esters is 1. The molecule has 1 heterocycles. The van der Waals surface area contributed by atoms with Crippen molar-refractivity contribution in [2.45, 2.75) is 32.6 Å². The number of pyridine rings is 1. The summed E-state index contributed by atoms with van der Waals surface area (Å²) in [5.41, 5.74) is 0.612. The molecule has 0 fully saturated rings. The van der Waals surface area contributed by atoms with E-state index in [1.54, 1.807) is 12.3 Å². The smallest absolute Gasteiger partial charge is 0.344 e. The van der Waals surface area contributed by atoms with E-state index in [1.165, 1.54) is 12.8 Å². The third-order valence-corrected chi connectivity index (χ3v) is 2.41. The summed E-state index contributed by atoms with van der Waals surface area (Å²) in [5, 5.41) is 0. The summed E-state index contributed by atoms with van der Waals surface area (Å²) in [4.78, 5) is 11.6. The predicted molar refractivity (Wildman–Crippen MR) is 62.0 cm³/mol. The number of hydrogen-bond donors (Lipinski definition) is 0. The molecule has 3 nitrogen and oxygen atoms in total. The molecule has 0 aliphatic carbocycles. The number of aromatic nitrogens is 1. The van der Waals surface area contributed by atoms with E-state index in [-0.39, 0.29) is 5.97 Å². The van der Waals surface area contributed by atoms with Gasteiger partial charge in [-0.1, -0.05) is 26.2 Å². The second-order valence-corrected chi connectivity index (χ2v) is 3.95. The molecule has 88 valence electrons. The average Bonchev–Trinajstić information content (AvgIpc) is 2.28. The van der Waals surface area contributed by atoms with Gasteiger partial charge in [0.05, 0.1) is 6.61 Å². The minimum atomic E-state index is -0.229. The number of carbonyl (C=O) groups excluding carboxylic acids is 1. The van der Waals surface area contributed by atoms with Crippen LogP contribution in [0.2, 0.25) is 0 Å². The topological polar surface area (TPSA) is 30.2 Å². The Hall–Kier alpha value is -1.38. The van der Waals surface area contributed by atoms with Crippen molar-refractivity contribution in [3.8, 4) is 0 Å². The van der Waals surface area contributed by atoms with E-state index in [0.717, 1.165) is 12.8 Å². The molecule has 0 saturated carbocycles. The minimum Gasteiger partial charge on any atom is -0.462 e. The molecule has 0 bridgehead atoms. The normalized spacial score (nSPS) is 10.1. The number of aryl methyl sites for hydroxylation is 1. The Morgan fingerprint density at radius 3 is 2.88 bits per heavy atom. The average molecular weight is 222 g/mol. The van der Waals surface area contributed by atoms with Crippen molar-refractivity contribution in [1.82, 2.24) is 0 Å². The van der Waals surface area contributed by atoms with Gasteiger partial charge in [0.15, 0.2) is 12.4 Å². The molecule has 0 radical (unpaired) electrons. The fraction of sp³-hybridized carbons (Fsp3) is 0.538. The van der Waals surface area contributed by atoms with E-state index >= 15 is 0 Å². The summed E-state index contributed by atoms with van der Waals surface area (Å²) in [5.74, 6) is -0.229. The summed E-state index contributed by atoms with van der Waals surface area (Å²) < 4.78 is 7.02. The van der Waals surface area contributed by atoms with E-state index in [4.69, 9.17) is 4.74 Å². The van der Waals surface area contributed by atoms with Crippen LogP contribution in [0.3, 0.4) is 0 Å². The third kappa shape index (κ3) is 4.43. The quantitative estimate of drug-likeness (QED) is 0.420. The van der Waals surface area contributed by atoms with E-state index in [2.05, 4.69) is 6.92 Å². The number of rotatable bonds is 6. The van der Waals surface area contributed by atoms with Gasteiger partial charge in [-0.3, -0.25) is 0 Å². The standard InChI is InChI=1S/C13H20NO2/c1-3-4-5-6-10-16-13(15)12-8-7-9-14(2)11-12/h7-9,11H,3-6,10H2,1-2H3/q+1. The van der Waals surface area contributed by atoms with Crippen LogP contribution in [-0.2, 0) is 11.8 Å². The van der Waals surface area contributed by atoms with Crippen molar-refractivity contribution in [2.75, 3.05) is 6.61 Å². The Kier molecular flexibility index (Phi) is 5.54. The molecule has 0 spiro atoms. The van der Waals surface area contributed by atoms with Gasteiger partial charge in [0.25, 0.3) is 0 Å². The maximum atomic E-state index is 11.6. The van der Waals surface area contributed by atoms with Crippen LogP contribution in [0.4, 0.5) is 0 Å². The molecule has 1 aromatic heterocycles. The lowest BCUT2D eigenvalue weighted by atomic mass is 10.2. The van der Waals surface area contributed by atoms with Crippen molar-refractivity contribution in [1.29, 1.82) is 0 Å². The lowest BCUT2D eigenvalue weighted by Gasteiger charge is -2.03. The maximum Gasteiger partial charge on any atom is 0.344 e. The van der Waals surface area contributed by atoms with Crippen LogP contribution in [0.25, 0.3) is 0 Å². The molecule has 0 aliphatic rings. The van der Waals surface area contributed by atoms with E-state index < -0.39 is 0 Å². The lowest BCUT2D eigenvalue weighted by molar-refractivity contribution is -0.671. The van der Waals surface area contributed by atoms with Crippen LogP contribution >= 0.6 is 0 Å². The first-order chi connectivity index (χ1) is 7.74. The molecule has 0 unspecified atom stereocenters. The number of ether oxygens (including phenoxy) is 1. The molecule has 0 aromatic carbocycles. The molecule has 3 heteroatoms. The summed E-state index contributed by atoms with van der Waals surface area (Å²) in [7, 11) is 1.89. The largest absolute Gasteiger partial charge is 0.462 e. The van der Waals surface area contributed by atoms with Crippen LogP contribution in [0.1, 0.15) is 43.0 Å². The highest BCUT2D eigenvalue weighted by atomic mass is 16.5. The molecule has 0 amide bonds. The monoisotopic (exact) mass is 222 g/mol. The zero-order valence-corrected chi connectivity index (χ0v) is 10.1. The zero-order valence-electron chi connectivity index (χ0n) is 10.1. The molecule has 0 saturated heterocycles. The summed E-state index contributed by atoms with van der Waals surface area (Å²) in [6.45, 7) is 2.69. The first-order valence-corrected chi connectivity index (χ1v) is 5.86. The van der Waals surface area contributed by atoms with Gasteiger partial charge in [-0.05, 0) is 12.5 Å². The summed E-state index contributed by atoms with van der Waals surface area (Å²) in [6.07, 6.45) is 8.15. The third-order valence-electron chi connectivity index (χ3n) is 2.41. The van der Waals surface area contributed by atoms with Crippen molar-refractivity contribution < 1.29 is 14.1 Å². The molecule has 16 heavy (non-hydrogen) atoms. The first kappa shape index (κ1) is 12.7. The van der Waals surface area contributed by atoms with Crippen LogP contribution in [0.15, 0.2) is 24.5 Å². The van der Waals surface area contributed by atoms with Gasteiger partial charge >= 0.3 is 5.97 Å². The highest BCUT2D eigenvalue weighted by Crippen LogP contribution is 2.02. The SMILES string of the molecule is CCCCCCOC(=O)c1ccc[n+](C)c1. The summed E-state index contributed by atoms with van der Waals surface area (Å²) in [6, 6.07) is 3.61. The van der Waals surface area contributed by atoms with Crippen LogP contribution < -0.4 is 4.57 Å². The van der Waals surface area contributed by atoms with Gasteiger partial charge in [-0.15, -0.1) is 0 Å². The zero-order chi connectivity index (χ0) is 11.8. The molecule has 0 atom stereocenters. The molecule has 0 N–H and O–H groups in total. The van der Waals surface area contributed by atoms with Gasteiger partial charge < -0.3 is 4.74 Å². The highest BCUT2D eigenvalue weighted by molar-refractivity contribution is 5.88. The van der Waals surface area contributed by atoms with Crippen LogP contribution in [0, 0.1) is 0 Å². The molecule has 1 aromatic rings. The first-order valence-electron chi connectivity index (χ1n) is 5.86. The second kappa shape index (κ2) is 6.99. The van der Waals surface area contributed by atoms with Crippen molar-refractivity contribution >= 4 is 5.97 Å². The minimum absolute atomic E-state index is 0.229. The van der Waals surface area contributed by atoms with Crippen molar-refractivity contribution in [3.63, 3.8) is 0 Å². The van der Waals surface area contributed by atoms with Gasteiger partial charge in [0, 0.05) is 6.07 Å². The van der Waals surface area contributed by atoms with Crippen molar-refractivity contribution in [2.24, 2.45) is 7.05 Å². The van der Waals surface area contributed by atoms with E-state index in [9.17, 15) is 4.79 Å². The van der Waals surface area contributed by atoms with E-state index in [1.807, 2.05) is 23.9 Å². The van der Waals surface area contributed by atoms with Gasteiger partial charge in [-0.25, -0.2) is 9.36 Å². The van der Waals surface area contributed by atoms with Gasteiger partial charge in [0.2, 0.25) is 0 Å². The fourth-order valence-electron chi connectivity index (χ4n) is 1.49. The number of carbonyl (C=O) groups is 1. The molecular formula is C13H20NO2+. The Bertz CT molecular complexity index is 336. The van der Waals surface area contributed by atoms with Gasteiger partial charge in [0.1, 0.15) is 12.6 Å². The summed E-state index contributed by atoms with van der Waals surface area (Å²) >= 11 is 0. The number of unbranched alkanes of at least 4 members (excludes halogenated alkanes) is 3.